The lowest BCUT2D eigenvalue weighted by Gasteiger charge is -2.35. The summed E-state index contributed by atoms with van der Waals surface area (Å²) in [6.45, 7) is 5.72. The lowest BCUT2D eigenvalue weighted by molar-refractivity contribution is -0.0417. The average Bonchev–Trinajstić information content (AvgIpc) is 2.74. The average molecular weight is 366 g/mol. The van der Waals surface area contributed by atoms with Gasteiger partial charge in [-0.05, 0) is 42.4 Å². The van der Waals surface area contributed by atoms with Crippen LogP contribution in [-0.4, -0.2) is 43.9 Å². The van der Waals surface area contributed by atoms with Crippen LogP contribution in [-0.2, 0) is 16.0 Å². The molecule has 0 radical (unpaired) electrons. The van der Waals surface area contributed by atoms with Crippen molar-refractivity contribution < 1.29 is 9.47 Å². The molecule has 2 aliphatic heterocycles. The molecule has 0 amide bonds. The molecule has 0 bridgehead atoms. The molecular formula is C24H31NO2. The molecule has 2 aromatic rings. The van der Waals surface area contributed by atoms with E-state index in [0.29, 0.717) is 12.0 Å². The summed E-state index contributed by atoms with van der Waals surface area (Å²) in [5.74, 6) is 0.465. The number of nitrogens with zero attached hydrogens (tertiary/aromatic N) is 1. The van der Waals surface area contributed by atoms with E-state index in [9.17, 15) is 0 Å². The number of hydrogen-bond acceptors (Lipinski definition) is 3. The quantitative estimate of drug-likeness (QED) is 0.669. The van der Waals surface area contributed by atoms with Crippen LogP contribution in [0.3, 0.4) is 0 Å². The van der Waals surface area contributed by atoms with Gasteiger partial charge in [0.25, 0.3) is 0 Å². The first-order valence-electron chi connectivity index (χ1n) is 10.4. The molecule has 1 saturated heterocycles. The lowest BCUT2D eigenvalue weighted by Crippen LogP contribution is -2.35. The summed E-state index contributed by atoms with van der Waals surface area (Å²) in [4.78, 5) is 2.58. The van der Waals surface area contributed by atoms with E-state index in [2.05, 4.69) is 59.5 Å². The van der Waals surface area contributed by atoms with Crippen LogP contribution in [0.1, 0.15) is 48.3 Å². The molecule has 1 fully saturated rings. The Morgan fingerprint density at radius 2 is 1.85 bits per heavy atom. The minimum atomic E-state index is 0.322. The third-order valence-corrected chi connectivity index (χ3v) is 5.81. The summed E-state index contributed by atoms with van der Waals surface area (Å²) in [6.07, 6.45) is 5.04. The zero-order chi connectivity index (χ0) is 18.3. The second-order valence-corrected chi connectivity index (χ2v) is 7.81. The molecule has 3 heteroatoms. The van der Waals surface area contributed by atoms with E-state index in [4.69, 9.17) is 9.47 Å². The first-order chi connectivity index (χ1) is 13.4. The van der Waals surface area contributed by atoms with Crippen LogP contribution in [0.2, 0.25) is 0 Å². The van der Waals surface area contributed by atoms with Gasteiger partial charge in [0.2, 0.25) is 0 Å². The molecule has 3 nitrogen and oxygen atoms in total. The first kappa shape index (κ1) is 18.7. The molecular weight excluding hydrogens is 334 g/mol. The Hall–Kier alpha value is -1.68. The molecule has 2 unspecified atom stereocenters. The second kappa shape index (κ2) is 9.50. The summed E-state index contributed by atoms with van der Waals surface area (Å²) in [7, 11) is 0. The van der Waals surface area contributed by atoms with E-state index >= 15 is 0 Å². The number of fused-ring (bicyclic) bond motifs is 1. The molecule has 4 rings (SSSR count). The van der Waals surface area contributed by atoms with Crippen LogP contribution in [0.15, 0.2) is 54.6 Å². The van der Waals surface area contributed by atoms with Crippen molar-refractivity contribution >= 4 is 0 Å². The van der Waals surface area contributed by atoms with E-state index in [1.165, 1.54) is 29.5 Å². The van der Waals surface area contributed by atoms with Gasteiger partial charge >= 0.3 is 0 Å². The predicted octanol–water partition coefficient (Wildman–Crippen LogP) is 4.61. The summed E-state index contributed by atoms with van der Waals surface area (Å²) < 4.78 is 11.6. The van der Waals surface area contributed by atoms with Gasteiger partial charge < -0.3 is 9.47 Å². The topological polar surface area (TPSA) is 21.7 Å². The standard InChI is InChI=1S/C24H31NO2/c1-2-9-20(10-3-1)24-18-25(17-21-11-4-5-13-23(21)24)14-8-15-26-19-22-12-6-7-16-27-22/h1-5,9-11,13,22,24H,6-8,12,14-19H2. The smallest absolute Gasteiger partial charge is 0.0808 e. The third kappa shape index (κ3) is 4.98. The number of rotatable bonds is 7. The van der Waals surface area contributed by atoms with Gasteiger partial charge in [0.05, 0.1) is 12.7 Å². The lowest BCUT2D eigenvalue weighted by atomic mass is 9.84. The SMILES string of the molecule is c1ccc(C2CN(CCCOCC3CCCCO3)Cc3ccccc32)cc1. The fourth-order valence-corrected chi connectivity index (χ4v) is 4.36. The molecule has 144 valence electrons. The van der Waals surface area contributed by atoms with Gasteiger partial charge in [-0.15, -0.1) is 0 Å². The molecule has 2 aliphatic rings. The Bertz CT molecular complexity index is 697. The summed E-state index contributed by atoms with van der Waals surface area (Å²) in [5, 5.41) is 0. The Kier molecular flexibility index (Phi) is 6.57. The normalized spacial score (nSPS) is 23.1. The maximum absolute atomic E-state index is 5.89. The molecule has 27 heavy (non-hydrogen) atoms. The van der Waals surface area contributed by atoms with Crippen molar-refractivity contribution in [3.63, 3.8) is 0 Å². The third-order valence-electron chi connectivity index (χ3n) is 5.81. The Balaban J connectivity index is 1.30. The number of benzene rings is 2. The van der Waals surface area contributed by atoms with Gasteiger partial charge in [-0.2, -0.15) is 0 Å². The number of hydrogen-bond donors (Lipinski definition) is 0. The fourth-order valence-electron chi connectivity index (χ4n) is 4.36. The maximum Gasteiger partial charge on any atom is 0.0808 e. The van der Waals surface area contributed by atoms with E-state index in [1.807, 2.05) is 0 Å². The van der Waals surface area contributed by atoms with Crippen molar-refractivity contribution in [2.24, 2.45) is 0 Å². The molecule has 2 atom stereocenters. The Morgan fingerprint density at radius 1 is 1.00 bits per heavy atom. The van der Waals surface area contributed by atoms with E-state index in [-0.39, 0.29) is 0 Å². The van der Waals surface area contributed by atoms with Crippen LogP contribution in [0.4, 0.5) is 0 Å². The molecule has 0 spiro atoms. The van der Waals surface area contributed by atoms with E-state index in [0.717, 1.165) is 52.3 Å². The summed E-state index contributed by atoms with van der Waals surface area (Å²) in [6, 6.07) is 19.9. The van der Waals surface area contributed by atoms with Gasteiger partial charge in [-0.25, -0.2) is 0 Å². The highest BCUT2D eigenvalue weighted by molar-refractivity contribution is 5.40. The summed E-state index contributed by atoms with van der Waals surface area (Å²) in [5.41, 5.74) is 4.38. The van der Waals surface area contributed by atoms with Gasteiger partial charge in [0.15, 0.2) is 0 Å². The number of ether oxygens (including phenoxy) is 2. The monoisotopic (exact) mass is 365 g/mol. The fraction of sp³-hybridized carbons (Fsp3) is 0.500. The van der Waals surface area contributed by atoms with Gasteiger partial charge in [0, 0.05) is 38.8 Å². The second-order valence-electron chi connectivity index (χ2n) is 7.81. The largest absolute Gasteiger partial charge is 0.379 e. The van der Waals surface area contributed by atoms with Crippen molar-refractivity contribution in [1.82, 2.24) is 4.90 Å². The van der Waals surface area contributed by atoms with Crippen LogP contribution in [0.25, 0.3) is 0 Å². The van der Waals surface area contributed by atoms with E-state index < -0.39 is 0 Å². The van der Waals surface area contributed by atoms with Crippen LogP contribution < -0.4 is 0 Å². The molecule has 0 N–H and O–H groups in total. The van der Waals surface area contributed by atoms with Gasteiger partial charge in [-0.1, -0.05) is 54.6 Å². The van der Waals surface area contributed by atoms with Crippen LogP contribution in [0, 0.1) is 0 Å². The van der Waals surface area contributed by atoms with Crippen molar-refractivity contribution in [3.8, 4) is 0 Å². The highest BCUT2D eigenvalue weighted by atomic mass is 16.5. The molecule has 0 saturated carbocycles. The minimum Gasteiger partial charge on any atom is -0.379 e. The Morgan fingerprint density at radius 3 is 2.70 bits per heavy atom. The van der Waals surface area contributed by atoms with Crippen LogP contribution in [0.5, 0.6) is 0 Å². The minimum absolute atomic E-state index is 0.322. The summed E-state index contributed by atoms with van der Waals surface area (Å²) >= 11 is 0. The Labute approximate surface area is 163 Å². The molecule has 0 aliphatic carbocycles. The molecule has 0 aromatic heterocycles. The van der Waals surface area contributed by atoms with Crippen molar-refractivity contribution in [2.45, 2.75) is 44.2 Å². The zero-order valence-corrected chi connectivity index (χ0v) is 16.2. The first-order valence-corrected chi connectivity index (χ1v) is 10.4. The molecule has 2 aromatic carbocycles. The molecule has 2 heterocycles. The maximum atomic E-state index is 5.89. The van der Waals surface area contributed by atoms with Crippen molar-refractivity contribution in [3.05, 3.63) is 71.3 Å². The van der Waals surface area contributed by atoms with Crippen molar-refractivity contribution in [1.29, 1.82) is 0 Å². The highest BCUT2D eigenvalue weighted by Crippen LogP contribution is 2.33. The van der Waals surface area contributed by atoms with Gasteiger partial charge in [0.1, 0.15) is 0 Å². The van der Waals surface area contributed by atoms with Crippen molar-refractivity contribution in [2.75, 3.05) is 32.9 Å². The van der Waals surface area contributed by atoms with Crippen LogP contribution >= 0.6 is 0 Å². The van der Waals surface area contributed by atoms with E-state index in [1.54, 1.807) is 0 Å². The zero-order valence-electron chi connectivity index (χ0n) is 16.2. The van der Waals surface area contributed by atoms with Gasteiger partial charge in [-0.3, -0.25) is 4.90 Å². The highest BCUT2D eigenvalue weighted by Gasteiger charge is 2.25. The predicted molar refractivity (Wildman–Crippen MR) is 109 cm³/mol.